The van der Waals surface area contributed by atoms with E-state index in [1.807, 2.05) is 48.5 Å². The van der Waals surface area contributed by atoms with Crippen LogP contribution in [0, 0.1) is 0 Å². The molecule has 28 heavy (non-hydrogen) atoms. The summed E-state index contributed by atoms with van der Waals surface area (Å²) in [4.78, 5) is 4.87. The van der Waals surface area contributed by atoms with Crippen molar-refractivity contribution in [2.24, 2.45) is 0 Å². The smallest absolute Gasteiger partial charge is 0.125 e. The van der Waals surface area contributed by atoms with E-state index in [4.69, 9.17) is 16.6 Å². The molecular formula is C24H16ClNO2. The third-order valence-corrected chi connectivity index (χ3v) is 5.49. The van der Waals surface area contributed by atoms with Crippen LogP contribution in [0.4, 0.5) is 0 Å². The Hall–Kier alpha value is -3.30. The molecule has 0 amide bonds. The number of aromatic nitrogens is 1. The standard InChI is InChI=1S/C24H16ClNO2/c25-20-9-2-1-8-17(20)18-13-21(14-5-3-7-16(27)11-14)26-24-19(18)12-15-6-4-10-22(28)23(15)24/h1-11,13,27-28H,12H2. The van der Waals surface area contributed by atoms with Crippen LogP contribution in [0.5, 0.6) is 11.5 Å². The van der Waals surface area contributed by atoms with Crippen LogP contribution in [0.1, 0.15) is 11.1 Å². The minimum atomic E-state index is 0.183. The topological polar surface area (TPSA) is 53.4 Å². The Balaban J connectivity index is 1.83. The predicted molar refractivity (Wildman–Crippen MR) is 112 cm³/mol. The zero-order valence-electron chi connectivity index (χ0n) is 14.9. The molecule has 0 atom stereocenters. The second-order valence-corrected chi connectivity index (χ2v) is 7.31. The quantitative estimate of drug-likeness (QED) is 0.389. The summed E-state index contributed by atoms with van der Waals surface area (Å²) >= 11 is 6.52. The number of halogens is 1. The van der Waals surface area contributed by atoms with Gasteiger partial charge in [-0.3, -0.25) is 0 Å². The molecule has 136 valence electrons. The molecular weight excluding hydrogens is 370 g/mol. The van der Waals surface area contributed by atoms with Gasteiger partial charge >= 0.3 is 0 Å². The first-order valence-electron chi connectivity index (χ1n) is 9.01. The van der Waals surface area contributed by atoms with E-state index in [2.05, 4.69) is 0 Å². The molecule has 0 saturated carbocycles. The Kier molecular flexibility index (Phi) is 3.85. The molecule has 1 heterocycles. The monoisotopic (exact) mass is 385 g/mol. The first-order chi connectivity index (χ1) is 13.6. The average Bonchev–Trinajstić information content (AvgIpc) is 3.08. The van der Waals surface area contributed by atoms with Crippen molar-refractivity contribution in [1.29, 1.82) is 0 Å². The Morgan fingerprint density at radius 1 is 0.821 bits per heavy atom. The lowest BCUT2D eigenvalue weighted by Crippen LogP contribution is -1.95. The minimum Gasteiger partial charge on any atom is -0.508 e. The Labute approximate surface area is 167 Å². The van der Waals surface area contributed by atoms with Gasteiger partial charge in [0.05, 0.1) is 11.4 Å². The fourth-order valence-corrected chi connectivity index (χ4v) is 4.13. The molecule has 1 aliphatic carbocycles. The number of benzene rings is 3. The van der Waals surface area contributed by atoms with Crippen LogP contribution < -0.4 is 0 Å². The van der Waals surface area contributed by atoms with E-state index in [1.54, 1.807) is 24.3 Å². The third kappa shape index (κ3) is 2.63. The van der Waals surface area contributed by atoms with Crippen molar-refractivity contribution in [3.8, 4) is 45.1 Å². The first-order valence-corrected chi connectivity index (χ1v) is 9.39. The fraction of sp³-hybridized carbons (Fsp3) is 0.0417. The molecule has 5 rings (SSSR count). The van der Waals surface area contributed by atoms with Crippen molar-refractivity contribution >= 4 is 11.6 Å². The van der Waals surface area contributed by atoms with Gasteiger partial charge in [-0.15, -0.1) is 0 Å². The SMILES string of the molecule is Oc1cccc(-c2cc(-c3ccccc3Cl)c3c(n2)-c2c(O)cccc2C3)c1. The van der Waals surface area contributed by atoms with E-state index in [1.165, 1.54) is 0 Å². The van der Waals surface area contributed by atoms with Gasteiger partial charge in [0, 0.05) is 28.1 Å². The van der Waals surface area contributed by atoms with Gasteiger partial charge in [-0.25, -0.2) is 4.98 Å². The van der Waals surface area contributed by atoms with Crippen LogP contribution >= 0.6 is 11.6 Å². The van der Waals surface area contributed by atoms with E-state index in [-0.39, 0.29) is 11.5 Å². The largest absolute Gasteiger partial charge is 0.508 e. The van der Waals surface area contributed by atoms with Crippen molar-refractivity contribution in [2.75, 3.05) is 0 Å². The number of hydrogen-bond acceptors (Lipinski definition) is 3. The van der Waals surface area contributed by atoms with Gasteiger partial charge < -0.3 is 10.2 Å². The van der Waals surface area contributed by atoms with E-state index in [9.17, 15) is 10.2 Å². The maximum Gasteiger partial charge on any atom is 0.125 e. The van der Waals surface area contributed by atoms with Crippen molar-refractivity contribution in [2.45, 2.75) is 6.42 Å². The second-order valence-electron chi connectivity index (χ2n) is 6.90. The fourth-order valence-electron chi connectivity index (χ4n) is 3.89. The van der Waals surface area contributed by atoms with Crippen LogP contribution in [0.3, 0.4) is 0 Å². The average molecular weight is 386 g/mol. The van der Waals surface area contributed by atoms with Gasteiger partial charge in [0.2, 0.25) is 0 Å². The van der Waals surface area contributed by atoms with Crippen LogP contribution in [0.15, 0.2) is 72.8 Å². The van der Waals surface area contributed by atoms with Crippen molar-refractivity contribution in [1.82, 2.24) is 4.98 Å². The highest BCUT2D eigenvalue weighted by Gasteiger charge is 2.27. The lowest BCUT2D eigenvalue weighted by atomic mass is 9.96. The number of fused-ring (bicyclic) bond motifs is 3. The van der Waals surface area contributed by atoms with E-state index >= 15 is 0 Å². The summed E-state index contributed by atoms with van der Waals surface area (Å²) in [6.45, 7) is 0. The van der Waals surface area contributed by atoms with Crippen molar-refractivity contribution in [3.05, 3.63) is 88.9 Å². The number of rotatable bonds is 2. The number of phenols is 2. The molecule has 4 heteroatoms. The Bertz CT molecular complexity index is 1230. The molecule has 0 bridgehead atoms. The summed E-state index contributed by atoms with van der Waals surface area (Å²) < 4.78 is 0. The van der Waals surface area contributed by atoms with Gasteiger partial charge in [0.25, 0.3) is 0 Å². The molecule has 0 saturated heterocycles. The predicted octanol–water partition coefficient (Wildman–Crippen LogP) is 6.05. The summed E-state index contributed by atoms with van der Waals surface area (Å²) in [5.41, 5.74) is 7.08. The molecule has 3 nitrogen and oxygen atoms in total. The lowest BCUT2D eigenvalue weighted by Gasteiger charge is -2.13. The van der Waals surface area contributed by atoms with Crippen molar-refractivity contribution < 1.29 is 10.2 Å². The van der Waals surface area contributed by atoms with E-state index in [0.717, 1.165) is 44.8 Å². The Morgan fingerprint density at radius 3 is 2.46 bits per heavy atom. The molecule has 1 aliphatic rings. The molecule has 0 radical (unpaired) electrons. The molecule has 0 spiro atoms. The Morgan fingerprint density at radius 2 is 1.64 bits per heavy atom. The van der Waals surface area contributed by atoms with Crippen LogP contribution in [-0.4, -0.2) is 15.2 Å². The molecule has 4 aromatic rings. The summed E-state index contributed by atoms with van der Waals surface area (Å²) in [5, 5.41) is 21.1. The number of pyridine rings is 1. The lowest BCUT2D eigenvalue weighted by molar-refractivity contribution is 0.475. The number of hydrogen-bond donors (Lipinski definition) is 2. The molecule has 1 aromatic heterocycles. The van der Waals surface area contributed by atoms with Crippen LogP contribution in [0.25, 0.3) is 33.6 Å². The van der Waals surface area contributed by atoms with E-state index in [0.29, 0.717) is 11.4 Å². The number of nitrogens with zero attached hydrogens (tertiary/aromatic N) is 1. The van der Waals surface area contributed by atoms with Gasteiger partial charge in [-0.05, 0) is 47.0 Å². The summed E-state index contributed by atoms with van der Waals surface area (Å²) in [6.07, 6.45) is 0.687. The normalized spacial score (nSPS) is 11.9. The summed E-state index contributed by atoms with van der Waals surface area (Å²) in [5.74, 6) is 0.407. The van der Waals surface area contributed by atoms with Crippen molar-refractivity contribution in [3.63, 3.8) is 0 Å². The maximum absolute atomic E-state index is 10.5. The molecule has 0 unspecified atom stereocenters. The van der Waals surface area contributed by atoms with Crippen LogP contribution in [0.2, 0.25) is 5.02 Å². The minimum absolute atomic E-state index is 0.183. The van der Waals surface area contributed by atoms with Gasteiger partial charge in [-0.2, -0.15) is 0 Å². The zero-order valence-corrected chi connectivity index (χ0v) is 15.6. The maximum atomic E-state index is 10.5. The zero-order chi connectivity index (χ0) is 19.3. The molecule has 2 N–H and O–H groups in total. The summed E-state index contributed by atoms with van der Waals surface area (Å²) in [7, 11) is 0. The van der Waals surface area contributed by atoms with Gasteiger partial charge in [0.1, 0.15) is 11.5 Å². The highest BCUT2D eigenvalue weighted by atomic mass is 35.5. The van der Waals surface area contributed by atoms with Gasteiger partial charge in [-0.1, -0.05) is 54.1 Å². The number of aromatic hydroxyl groups is 2. The van der Waals surface area contributed by atoms with Crippen LogP contribution in [-0.2, 0) is 6.42 Å². The molecule has 0 aliphatic heterocycles. The second kappa shape index (κ2) is 6.39. The first kappa shape index (κ1) is 16.8. The summed E-state index contributed by atoms with van der Waals surface area (Å²) in [6, 6.07) is 22.3. The number of phenolic OH excluding ortho intramolecular Hbond substituents is 2. The highest BCUT2D eigenvalue weighted by molar-refractivity contribution is 6.33. The highest BCUT2D eigenvalue weighted by Crippen LogP contribution is 2.46. The van der Waals surface area contributed by atoms with Gasteiger partial charge in [0.15, 0.2) is 0 Å². The molecule has 0 fully saturated rings. The third-order valence-electron chi connectivity index (χ3n) is 5.16. The van der Waals surface area contributed by atoms with E-state index < -0.39 is 0 Å². The molecule has 3 aromatic carbocycles.